The van der Waals surface area contributed by atoms with Crippen molar-refractivity contribution in [1.82, 2.24) is 20.2 Å². The van der Waals surface area contributed by atoms with E-state index >= 15 is 0 Å². The van der Waals surface area contributed by atoms with Gasteiger partial charge < -0.3 is 20.2 Å². The first-order valence-corrected chi connectivity index (χ1v) is 7.88. The predicted molar refractivity (Wildman–Crippen MR) is 87.9 cm³/mol. The van der Waals surface area contributed by atoms with Gasteiger partial charge in [0.2, 0.25) is 0 Å². The zero-order valence-corrected chi connectivity index (χ0v) is 13.0. The van der Waals surface area contributed by atoms with Crippen LogP contribution in [0.2, 0.25) is 0 Å². The van der Waals surface area contributed by atoms with Crippen LogP contribution >= 0.6 is 0 Å². The molecule has 0 radical (unpaired) electrons. The summed E-state index contributed by atoms with van der Waals surface area (Å²) in [6, 6.07) is 5.30. The molecule has 0 spiro atoms. The number of carbonyl (C=O) groups is 1. The summed E-state index contributed by atoms with van der Waals surface area (Å²) in [5.74, 6) is -0.185. The van der Waals surface area contributed by atoms with Gasteiger partial charge in [-0.25, -0.2) is 0 Å². The fourth-order valence-corrected chi connectivity index (χ4v) is 2.98. The number of aryl methyl sites for hydroxylation is 1. The summed E-state index contributed by atoms with van der Waals surface area (Å²) >= 11 is 0. The van der Waals surface area contributed by atoms with Crippen LogP contribution in [0.15, 0.2) is 27.8 Å². The average Bonchev–Trinajstić information content (AvgIpc) is 3.07. The molecule has 2 heterocycles. The van der Waals surface area contributed by atoms with Crippen LogP contribution in [0, 0.1) is 0 Å². The second-order valence-electron chi connectivity index (χ2n) is 5.74. The second-order valence-corrected chi connectivity index (χ2v) is 5.74. The lowest BCUT2D eigenvalue weighted by Crippen LogP contribution is -2.37. The SMILES string of the molecule is CCn1c(=O)c(=O)[nH]c2cc(C(=O)NCC3CCCN3)ccc21. The minimum absolute atomic E-state index is 0.185. The molecular weight excluding hydrogens is 296 g/mol. The molecule has 7 nitrogen and oxygen atoms in total. The number of carbonyl (C=O) groups excluding carboxylic acids is 1. The molecule has 1 atom stereocenters. The molecule has 122 valence electrons. The molecule has 3 N–H and O–H groups in total. The van der Waals surface area contributed by atoms with Crippen LogP contribution in [0.25, 0.3) is 11.0 Å². The van der Waals surface area contributed by atoms with Crippen molar-refractivity contribution in [3.63, 3.8) is 0 Å². The van der Waals surface area contributed by atoms with E-state index in [4.69, 9.17) is 0 Å². The maximum Gasteiger partial charge on any atom is 0.316 e. The molecule has 0 saturated carbocycles. The Labute approximate surface area is 132 Å². The molecule has 1 aromatic carbocycles. The van der Waals surface area contributed by atoms with E-state index in [0.29, 0.717) is 35.7 Å². The lowest BCUT2D eigenvalue weighted by atomic mass is 10.1. The highest BCUT2D eigenvalue weighted by Gasteiger charge is 2.16. The van der Waals surface area contributed by atoms with Gasteiger partial charge in [-0.1, -0.05) is 0 Å². The summed E-state index contributed by atoms with van der Waals surface area (Å²) in [6.45, 7) is 3.78. The summed E-state index contributed by atoms with van der Waals surface area (Å²) in [5, 5.41) is 6.22. The standard InChI is InChI=1S/C16H20N4O3/c1-2-20-13-6-5-10(8-12(13)19-15(22)16(20)23)14(21)18-9-11-4-3-7-17-11/h5-6,8,11,17H,2-4,7,9H2,1H3,(H,18,21)(H,19,22). The average molecular weight is 316 g/mol. The third-order valence-corrected chi connectivity index (χ3v) is 4.22. The van der Waals surface area contributed by atoms with Gasteiger partial charge in [0.25, 0.3) is 5.91 Å². The Balaban J connectivity index is 1.87. The van der Waals surface area contributed by atoms with Crippen molar-refractivity contribution in [3.05, 3.63) is 44.5 Å². The first kappa shape index (κ1) is 15.5. The maximum atomic E-state index is 12.3. The molecule has 1 amide bonds. The van der Waals surface area contributed by atoms with Crippen LogP contribution in [-0.4, -0.2) is 34.6 Å². The van der Waals surface area contributed by atoms with Gasteiger partial charge in [-0.05, 0) is 44.5 Å². The minimum atomic E-state index is -0.674. The van der Waals surface area contributed by atoms with Crippen LogP contribution < -0.4 is 21.8 Å². The molecule has 1 fully saturated rings. The summed E-state index contributed by atoms with van der Waals surface area (Å²) in [6.07, 6.45) is 2.19. The van der Waals surface area contributed by atoms with Gasteiger partial charge in [-0.15, -0.1) is 0 Å². The van der Waals surface area contributed by atoms with Crippen molar-refractivity contribution in [2.45, 2.75) is 32.4 Å². The van der Waals surface area contributed by atoms with Crippen molar-refractivity contribution < 1.29 is 4.79 Å². The lowest BCUT2D eigenvalue weighted by Gasteiger charge is -2.12. The van der Waals surface area contributed by atoms with E-state index < -0.39 is 11.1 Å². The van der Waals surface area contributed by atoms with Crippen molar-refractivity contribution in [2.24, 2.45) is 0 Å². The largest absolute Gasteiger partial charge is 0.350 e. The topological polar surface area (TPSA) is 96.0 Å². The van der Waals surface area contributed by atoms with Crippen molar-refractivity contribution in [1.29, 1.82) is 0 Å². The molecular formula is C16H20N4O3. The molecule has 7 heteroatoms. The number of nitrogens with one attached hydrogen (secondary N) is 3. The number of hydrogen-bond donors (Lipinski definition) is 3. The Morgan fingerprint density at radius 1 is 1.39 bits per heavy atom. The highest BCUT2D eigenvalue weighted by molar-refractivity contribution is 5.97. The number of benzene rings is 1. The Bertz CT molecular complexity index is 847. The van der Waals surface area contributed by atoms with E-state index in [1.165, 1.54) is 4.57 Å². The number of hydrogen-bond acceptors (Lipinski definition) is 4. The number of aromatic amines is 1. The molecule has 2 aromatic rings. The number of H-pyrrole nitrogens is 1. The van der Waals surface area contributed by atoms with E-state index in [1.54, 1.807) is 25.1 Å². The Morgan fingerprint density at radius 2 is 2.22 bits per heavy atom. The number of nitrogens with zero attached hydrogens (tertiary/aromatic N) is 1. The van der Waals surface area contributed by atoms with Crippen LogP contribution in [0.4, 0.5) is 0 Å². The molecule has 1 aliphatic heterocycles. The zero-order valence-electron chi connectivity index (χ0n) is 13.0. The first-order valence-electron chi connectivity index (χ1n) is 7.88. The van der Waals surface area contributed by atoms with Crippen molar-refractivity contribution in [3.8, 4) is 0 Å². The highest BCUT2D eigenvalue weighted by atomic mass is 16.2. The molecule has 23 heavy (non-hydrogen) atoms. The quantitative estimate of drug-likeness (QED) is 0.702. The van der Waals surface area contributed by atoms with Crippen molar-refractivity contribution in [2.75, 3.05) is 13.1 Å². The van der Waals surface area contributed by atoms with Crippen molar-refractivity contribution >= 4 is 16.9 Å². The van der Waals surface area contributed by atoms with Crippen LogP contribution in [-0.2, 0) is 6.54 Å². The van der Waals surface area contributed by atoms with Gasteiger partial charge in [-0.3, -0.25) is 14.4 Å². The summed E-state index contributed by atoms with van der Waals surface area (Å²) in [5.41, 5.74) is 0.318. The predicted octanol–water partition coefficient (Wildman–Crippen LogP) is 0.192. The normalized spacial score (nSPS) is 17.5. The number of fused-ring (bicyclic) bond motifs is 1. The fourth-order valence-electron chi connectivity index (χ4n) is 2.98. The van der Waals surface area contributed by atoms with Crippen LogP contribution in [0.1, 0.15) is 30.1 Å². The van der Waals surface area contributed by atoms with E-state index in [9.17, 15) is 14.4 Å². The first-order chi connectivity index (χ1) is 11.1. The zero-order chi connectivity index (χ0) is 16.4. The van der Waals surface area contributed by atoms with Gasteiger partial charge in [0, 0.05) is 24.7 Å². The number of aromatic nitrogens is 2. The fraction of sp³-hybridized carbons (Fsp3) is 0.438. The highest BCUT2D eigenvalue weighted by Crippen LogP contribution is 2.12. The van der Waals surface area contributed by atoms with Crippen LogP contribution in [0.3, 0.4) is 0 Å². The van der Waals surface area contributed by atoms with E-state index in [1.807, 2.05) is 0 Å². The third-order valence-electron chi connectivity index (χ3n) is 4.22. The Kier molecular flexibility index (Phi) is 4.29. The molecule has 3 rings (SSSR count). The van der Waals surface area contributed by atoms with Gasteiger partial charge >= 0.3 is 11.1 Å². The molecule has 1 unspecified atom stereocenters. The lowest BCUT2D eigenvalue weighted by molar-refractivity contribution is 0.0950. The van der Waals surface area contributed by atoms with E-state index in [0.717, 1.165) is 19.4 Å². The molecule has 1 saturated heterocycles. The van der Waals surface area contributed by atoms with Gasteiger partial charge in [-0.2, -0.15) is 0 Å². The summed E-state index contributed by atoms with van der Waals surface area (Å²) in [7, 11) is 0. The summed E-state index contributed by atoms with van der Waals surface area (Å²) in [4.78, 5) is 38.3. The monoisotopic (exact) mass is 316 g/mol. The Hall–Kier alpha value is -2.41. The van der Waals surface area contributed by atoms with Gasteiger partial charge in [0.15, 0.2) is 0 Å². The van der Waals surface area contributed by atoms with Crippen LogP contribution in [0.5, 0.6) is 0 Å². The number of rotatable bonds is 4. The maximum absolute atomic E-state index is 12.3. The minimum Gasteiger partial charge on any atom is -0.350 e. The molecule has 0 aliphatic carbocycles. The number of amides is 1. The molecule has 1 aromatic heterocycles. The van der Waals surface area contributed by atoms with Gasteiger partial charge in [0.1, 0.15) is 0 Å². The molecule has 1 aliphatic rings. The van der Waals surface area contributed by atoms with E-state index in [-0.39, 0.29) is 5.91 Å². The van der Waals surface area contributed by atoms with Gasteiger partial charge in [0.05, 0.1) is 11.0 Å². The van der Waals surface area contributed by atoms with E-state index in [2.05, 4.69) is 15.6 Å². The second kappa shape index (κ2) is 6.37. The molecule has 0 bridgehead atoms. The third kappa shape index (κ3) is 3.05. The smallest absolute Gasteiger partial charge is 0.316 e. The Morgan fingerprint density at radius 3 is 2.91 bits per heavy atom. The summed E-state index contributed by atoms with van der Waals surface area (Å²) < 4.78 is 1.40.